The molecule has 28 heavy (non-hydrogen) atoms. The Kier molecular flexibility index (Phi) is 6.57. The Balaban J connectivity index is 1.55. The van der Waals surface area contributed by atoms with Crippen molar-refractivity contribution < 1.29 is 18.0 Å². The molecule has 3 rings (SSSR count). The number of urea groups is 1. The van der Waals surface area contributed by atoms with Gasteiger partial charge < -0.3 is 10.6 Å². The van der Waals surface area contributed by atoms with Gasteiger partial charge >= 0.3 is 12.2 Å². The number of halogens is 3. The topological polar surface area (TPSA) is 44.4 Å². The van der Waals surface area contributed by atoms with Gasteiger partial charge in [0.1, 0.15) is 0 Å². The van der Waals surface area contributed by atoms with E-state index in [9.17, 15) is 18.0 Å². The molecule has 0 spiro atoms. The van der Waals surface area contributed by atoms with Gasteiger partial charge in [-0.25, -0.2) is 4.79 Å². The second-order valence-electron chi connectivity index (χ2n) is 6.93. The summed E-state index contributed by atoms with van der Waals surface area (Å²) in [5.41, 5.74) is 0.831. The number of rotatable bonds is 6. The summed E-state index contributed by atoms with van der Waals surface area (Å²) in [6.07, 6.45) is -2.10. The second-order valence-corrected chi connectivity index (χ2v) is 6.93. The third-order valence-electron chi connectivity index (χ3n) is 4.93. The van der Waals surface area contributed by atoms with Gasteiger partial charge in [0.15, 0.2) is 0 Å². The van der Waals surface area contributed by atoms with Crippen molar-refractivity contribution in [2.75, 3.05) is 19.6 Å². The van der Waals surface area contributed by atoms with E-state index in [-0.39, 0.29) is 12.6 Å². The lowest BCUT2D eigenvalue weighted by molar-refractivity contribution is -0.137. The van der Waals surface area contributed by atoms with Crippen LogP contribution in [0.1, 0.15) is 35.6 Å². The van der Waals surface area contributed by atoms with Crippen molar-refractivity contribution in [2.45, 2.75) is 31.6 Å². The van der Waals surface area contributed by atoms with Gasteiger partial charge in [-0.3, -0.25) is 4.90 Å². The lowest BCUT2D eigenvalue weighted by atomic mass is 10.1. The molecule has 2 amide bonds. The molecule has 0 saturated carbocycles. The van der Waals surface area contributed by atoms with E-state index in [1.54, 1.807) is 6.07 Å². The number of carbonyl (C=O) groups excluding carboxylic acids is 1. The van der Waals surface area contributed by atoms with E-state index in [1.165, 1.54) is 6.07 Å². The summed E-state index contributed by atoms with van der Waals surface area (Å²) >= 11 is 0. The zero-order valence-electron chi connectivity index (χ0n) is 15.5. The van der Waals surface area contributed by atoms with E-state index in [0.717, 1.165) is 43.6 Å². The first kappa shape index (κ1) is 20.2. The first-order valence-corrected chi connectivity index (χ1v) is 9.40. The molecule has 2 N–H and O–H groups in total. The van der Waals surface area contributed by atoms with Gasteiger partial charge in [-0.15, -0.1) is 0 Å². The molecule has 1 unspecified atom stereocenters. The lowest BCUT2D eigenvalue weighted by Gasteiger charge is -2.28. The Morgan fingerprint density at radius 2 is 1.71 bits per heavy atom. The van der Waals surface area contributed by atoms with Gasteiger partial charge in [-0.1, -0.05) is 42.5 Å². The van der Waals surface area contributed by atoms with E-state index < -0.39 is 17.8 Å². The molecule has 1 atom stereocenters. The fourth-order valence-corrected chi connectivity index (χ4v) is 3.48. The van der Waals surface area contributed by atoms with Crippen molar-refractivity contribution in [3.8, 4) is 0 Å². The monoisotopic (exact) mass is 391 g/mol. The molecule has 7 heteroatoms. The summed E-state index contributed by atoms with van der Waals surface area (Å²) in [5.74, 6) is 0. The van der Waals surface area contributed by atoms with Crippen molar-refractivity contribution in [1.82, 2.24) is 15.5 Å². The van der Waals surface area contributed by atoms with Crippen LogP contribution in [0.2, 0.25) is 0 Å². The Hall–Kier alpha value is -2.54. The van der Waals surface area contributed by atoms with Crippen LogP contribution in [0.5, 0.6) is 0 Å². The molecule has 0 radical (unpaired) electrons. The maximum absolute atomic E-state index is 12.8. The van der Waals surface area contributed by atoms with E-state index in [2.05, 4.69) is 15.5 Å². The van der Waals surface area contributed by atoms with E-state index >= 15 is 0 Å². The first-order valence-electron chi connectivity index (χ1n) is 9.40. The number of alkyl halides is 3. The van der Waals surface area contributed by atoms with Crippen LogP contribution in [0.4, 0.5) is 18.0 Å². The minimum Gasteiger partial charge on any atom is -0.336 e. The highest BCUT2D eigenvalue weighted by molar-refractivity contribution is 5.73. The lowest BCUT2D eigenvalue weighted by Crippen LogP contribution is -2.41. The number of carbonyl (C=O) groups is 1. The molecule has 1 aliphatic heterocycles. The summed E-state index contributed by atoms with van der Waals surface area (Å²) in [4.78, 5) is 14.5. The van der Waals surface area contributed by atoms with Crippen LogP contribution in [-0.2, 0) is 12.7 Å². The highest BCUT2D eigenvalue weighted by Gasteiger charge is 2.30. The number of benzene rings is 2. The molecular formula is C21H24F3N3O. The first-order chi connectivity index (χ1) is 13.4. The van der Waals surface area contributed by atoms with Gasteiger partial charge in [-0.05, 0) is 49.2 Å². The molecule has 0 aromatic heterocycles. The minimum atomic E-state index is -4.39. The number of hydrogen-bond donors (Lipinski definition) is 2. The van der Waals surface area contributed by atoms with E-state index in [0.29, 0.717) is 12.1 Å². The smallest absolute Gasteiger partial charge is 0.336 e. The third-order valence-corrected chi connectivity index (χ3v) is 4.93. The number of nitrogens with one attached hydrogen (secondary N) is 2. The zero-order valence-corrected chi connectivity index (χ0v) is 15.5. The third kappa shape index (κ3) is 5.48. The largest absolute Gasteiger partial charge is 0.416 e. The highest BCUT2D eigenvalue weighted by Crippen LogP contribution is 2.29. The molecule has 0 aliphatic carbocycles. The van der Waals surface area contributed by atoms with Crippen molar-refractivity contribution >= 4 is 6.03 Å². The predicted octanol–water partition coefficient (Wildman–Crippen LogP) is 4.34. The summed E-state index contributed by atoms with van der Waals surface area (Å²) in [6, 6.07) is 14.7. The van der Waals surface area contributed by atoms with Crippen molar-refractivity contribution in [1.29, 1.82) is 0 Å². The zero-order chi connectivity index (χ0) is 20.0. The number of hydrogen-bond acceptors (Lipinski definition) is 2. The molecule has 2 aromatic rings. The van der Waals surface area contributed by atoms with Crippen molar-refractivity contribution in [2.24, 2.45) is 0 Å². The fraction of sp³-hybridized carbons (Fsp3) is 0.381. The SMILES string of the molecule is O=C(NCc1cccc(C(F)(F)F)c1)NCC(c1ccccc1)N1CCCC1. The van der Waals surface area contributed by atoms with Crippen LogP contribution in [0, 0.1) is 0 Å². The molecule has 1 heterocycles. The average Bonchev–Trinajstić information content (AvgIpc) is 3.21. The second kappa shape index (κ2) is 9.10. The average molecular weight is 391 g/mol. The Bertz CT molecular complexity index is 774. The summed E-state index contributed by atoms with van der Waals surface area (Å²) in [5, 5.41) is 5.50. The van der Waals surface area contributed by atoms with Gasteiger partial charge in [-0.2, -0.15) is 13.2 Å². The van der Waals surface area contributed by atoms with Crippen LogP contribution in [-0.4, -0.2) is 30.6 Å². The Morgan fingerprint density at radius 1 is 1.00 bits per heavy atom. The maximum Gasteiger partial charge on any atom is 0.416 e. The fourth-order valence-electron chi connectivity index (χ4n) is 3.48. The molecule has 1 fully saturated rings. The molecule has 150 valence electrons. The van der Waals surface area contributed by atoms with Crippen LogP contribution in [0.15, 0.2) is 54.6 Å². The molecule has 2 aromatic carbocycles. The summed E-state index contributed by atoms with van der Waals surface area (Å²) < 4.78 is 38.3. The van der Waals surface area contributed by atoms with Crippen molar-refractivity contribution in [3.05, 3.63) is 71.3 Å². The Labute approximate surface area is 162 Å². The normalized spacial score (nSPS) is 16.0. The number of likely N-dealkylation sites (tertiary alicyclic amines) is 1. The predicted molar refractivity (Wildman–Crippen MR) is 102 cm³/mol. The van der Waals surface area contributed by atoms with Crippen LogP contribution >= 0.6 is 0 Å². The Morgan fingerprint density at radius 3 is 2.39 bits per heavy atom. The van der Waals surface area contributed by atoms with Gasteiger partial charge in [0, 0.05) is 13.1 Å². The molecule has 0 bridgehead atoms. The van der Waals surface area contributed by atoms with Crippen molar-refractivity contribution in [3.63, 3.8) is 0 Å². The molecule has 4 nitrogen and oxygen atoms in total. The van der Waals surface area contributed by atoms with Crippen LogP contribution in [0.25, 0.3) is 0 Å². The highest BCUT2D eigenvalue weighted by atomic mass is 19.4. The van der Waals surface area contributed by atoms with E-state index in [4.69, 9.17) is 0 Å². The molecule has 1 aliphatic rings. The summed E-state index contributed by atoms with van der Waals surface area (Å²) in [7, 11) is 0. The quantitative estimate of drug-likeness (QED) is 0.769. The van der Waals surface area contributed by atoms with Crippen LogP contribution in [0.3, 0.4) is 0 Å². The van der Waals surface area contributed by atoms with Crippen LogP contribution < -0.4 is 10.6 Å². The number of nitrogens with zero attached hydrogens (tertiary/aromatic N) is 1. The van der Waals surface area contributed by atoms with E-state index in [1.807, 2.05) is 30.3 Å². The minimum absolute atomic E-state index is 0.0372. The van der Waals surface area contributed by atoms with Gasteiger partial charge in [0.25, 0.3) is 0 Å². The van der Waals surface area contributed by atoms with Gasteiger partial charge in [0.2, 0.25) is 0 Å². The molecule has 1 saturated heterocycles. The summed E-state index contributed by atoms with van der Waals surface area (Å²) in [6.45, 7) is 2.47. The standard InChI is InChI=1S/C21H24F3N3O/c22-21(23,24)18-10-6-7-16(13-18)14-25-20(28)26-15-19(27-11-4-5-12-27)17-8-2-1-3-9-17/h1-3,6-10,13,19H,4-5,11-12,14-15H2,(H2,25,26,28). The molecular weight excluding hydrogens is 367 g/mol. The van der Waals surface area contributed by atoms with Gasteiger partial charge in [0.05, 0.1) is 11.6 Å². The maximum atomic E-state index is 12.8. The number of amides is 2.